The zero-order chi connectivity index (χ0) is 12.8. The molecule has 0 amide bonds. The lowest BCUT2D eigenvalue weighted by molar-refractivity contribution is 0.320. The van der Waals surface area contributed by atoms with Crippen molar-refractivity contribution in [3.63, 3.8) is 0 Å². The number of pyridine rings is 1. The van der Waals surface area contributed by atoms with Gasteiger partial charge < -0.3 is 10.1 Å². The molecule has 0 aliphatic heterocycles. The van der Waals surface area contributed by atoms with E-state index in [9.17, 15) is 0 Å². The van der Waals surface area contributed by atoms with Gasteiger partial charge in [0.2, 0.25) is 5.88 Å². The smallest absolute Gasteiger partial charge is 0.218 e. The first kappa shape index (κ1) is 14.0. The molecule has 0 aliphatic carbocycles. The molecule has 0 radical (unpaired) electrons. The highest BCUT2D eigenvalue weighted by molar-refractivity contribution is 5.35. The predicted octanol–water partition coefficient (Wildman–Crippen LogP) is 2.84. The molecular weight excluding hydrogens is 212 g/mol. The van der Waals surface area contributed by atoms with Crippen LogP contribution in [0.1, 0.15) is 37.6 Å². The number of hydrogen-bond acceptors (Lipinski definition) is 3. The van der Waals surface area contributed by atoms with Crippen LogP contribution >= 0.6 is 0 Å². The zero-order valence-electron chi connectivity index (χ0n) is 11.6. The molecule has 0 atom stereocenters. The van der Waals surface area contributed by atoms with E-state index in [4.69, 9.17) is 4.74 Å². The van der Waals surface area contributed by atoms with Gasteiger partial charge in [-0.3, -0.25) is 0 Å². The highest BCUT2D eigenvalue weighted by Crippen LogP contribution is 2.20. The number of nitrogens with zero attached hydrogens (tertiary/aromatic N) is 1. The van der Waals surface area contributed by atoms with Crippen molar-refractivity contribution in [1.82, 2.24) is 10.3 Å². The van der Waals surface area contributed by atoms with Crippen LogP contribution in [0.15, 0.2) is 6.07 Å². The van der Waals surface area contributed by atoms with E-state index in [1.165, 1.54) is 11.1 Å². The Hall–Kier alpha value is -1.09. The van der Waals surface area contributed by atoms with Gasteiger partial charge in [0.15, 0.2) is 0 Å². The first-order valence-corrected chi connectivity index (χ1v) is 6.35. The molecule has 1 aromatic heterocycles. The molecule has 0 bridgehead atoms. The number of aryl methyl sites for hydroxylation is 2. The topological polar surface area (TPSA) is 34.1 Å². The van der Waals surface area contributed by atoms with Crippen LogP contribution in [0.25, 0.3) is 0 Å². The predicted molar refractivity (Wildman–Crippen MR) is 71.4 cm³/mol. The van der Waals surface area contributed by atoms with Gasteiger partial charge in [0, 0.05) is 17.8 Å². The minimum Gasteiger partial charge on any atom is -0.478 e. The quantitative estimate of drug-likeness (QED) is 0.824. The SMILES string of the molecule is CCOc1nc(C)cc(C)c1CNCC(C)C. The third-order valence-electron chi connectivity index (χ3n) is 2.57. The Morgan fingerprint density at radius 2 is 2.06 bits per heavy atom. The van der Waals surface area contributed by atoms with E-state index in [2.05, 4.69) is 37.1 Å². The average Bonchev–Trinajstić information content (AvgIpc) is 2.21. The van der Waals surface area contributed by atoms with Crippen molar-refractivity contribution in [3.05, 3.63) is 22.9 Å². The molecule has 1 aromatic rings. The van der Waals surface area contributed by atoms with Gasteiger partial charge in [-0.05, 0) is 44.9 Å². The van der Waals surface area contributed by atoms with Crippen LogP contribution in [0.3, 0.4) is 0 Å². The minimum atomic E-state index is 0.657. The van der Waals surface area contributed by atoms with Crippen molar-refractivity contribution in [1.29, 1.82) is 0 Å². The second-order valence-corrected chi connectivity index (χ2v) is 4.82. The van der Waals surface area contributed by atoms with Gasteiger partial charge in [0.1, 0.15) is 0 Å². The number of aromatic nitrogens is 1. The molecule has 1 rings (SSSR count). The summed E-state index contributed by atoms with van der Waals surface area (Å²) in [6.07, 6.45) is 0. The Bertz CT molecular complexity index is 361. The Kier molecular flexibility index (Phi) is 5.42. The van der Waals surface area contributed by atoms with Crippen LogP contribution in [0.5, 0.6) is 5.88 Å². The molecule has 3 heteroatoms. The van der Waals surface area contributed by atoms with E-state index < -0.39 is 0 Å². The number of nitrogens with one attached hydrogen (secondary N) is 1. The molecule has 1 heterocycles. The molecule has 17 heavy (non-hydrogen) atoms. The molecular formula is C14H24N2O. The van der Waals surface area contributed by atoms with E-state index in [-0.39, 0.29) is 0 Å². The molecule has 3 nitrogen and oxygen atoms in total. The number of rotatable bonds is 6. The summed E-state index contributed by atoms with van der Waals surface area (Å²) in [6.45, 7) is 13.0. The van der Waals surface area contributed by atoms with Gasteiger partial charge in [-0.25, -0.2) is 4.98 Å². The Morgan fingerprint density at radius 3 is 2.65 bits per heavy atom. The normalized spacial score (nSPS) is 10.9. The molecule has 0 spiro atoms. The third kappa shape index (κ3) is 4.35. The van der Waals surface area contributed by atoms with Gasteiger partial charge in [-0.2, -0.15) is 0 Å². The lowest BCUT2D eigenvalue weighted by Gasteiger charge is -2.14. The van der Waals surface area contributed by atoms with Crippen molar-refractivity contribution < 1.29 is 4.74 Å². The van der Waals surface area contributed by atoms with Crippen LogP contribution in [0.4, 0.5) is 0 Å². The monoisotopic (exact) mass is 236 g/mol. The molecule has 0 aliphatic rings. The van der Waals surface area contributed by atoms with Gasteiger partial charge in [0.25, 0.3) is 0 Å². The van der Waals surface area contributed by atoms with E-state index in [1.54, 1.807) is 0 Å². The van der Waals surface area contributed by atoms with E-state index >= 15 is 0 Å². The van der Waals surface area contributed by atoms with E-state index in [0.29, 0.717) is 12.5 Å². The summed E-state index contributed by atoms with van der Waals surface area (Å²) < 4.78 is 5.61. The first-order chi connectivity index (χ1) is 8.04. The summed E-state index contributed by atoms with van der Waals surface area (Å²) in [6, 6.07) is 2.11. The van der Waals surface area contributed by atoms with Gasteiger partial charge in [0.05, 0.1) is 6.61 Å². The van der Waals surface area contributed by atoms with Crippen molar-refractivity contribution in [2.24, 2.45) is 5.92 Å². The maximum absolute atomic E-state index is 5.61. The molecule has 0 aromatic carbocycles. The molecule has 1 N–H and O–H groups in total. The molecule has 0 saturated carbocycles. The first-order valence-electron chi connectivity index (χ1n) is 6.35. The lowest BCUT2D eigenvalue weighted by atomic mass is 10.1. The highest BCUT2D eigenvalue weighted by atomic mass is 16.5. The summed E-state index contributed by atoms with van der Waals surface area (Å²) in [7, 11) is 0. The number of ether oxygens (including phenoxy) is 1. The van der Waals surface area contributed by atoms with Crippen LogP contribution in [0.2, 0.25) is 0 Å². The molecule has 0 saturated heterocycles. The maximum Gasteiger partial charge on any atom is 0.218 e. The van der Waals surface area contributed by atoms with Crippen molar-refractivity contribution >= 4 is 0 Å². The fourth-order valence-corrected chi connectivity index (χ4v) is 1.79. The minimum absolute atomic E-state index is 0.657. The van der Waals surface area contributed by atoms with Crippen molar-refractivity contribution in [3.8, 4) is 5.88 Å². The van der Waals surface area contributed by atoms with Crippen LogP contribution in [-0.4, -0.2) is 18.1 Å². The Balaban J connectivity index is 2.80. The Morgan fingerprint density at radius 1 is 1.35 bits per heavy atom. The van der Waals surface area contributed by atoms with Crippen LogP contribution in [-0.2, 0) is 6.54 Å². The van der Waals surface area contributed by atoms with Crippen molar-refractivity contribution in [2.45, 2.75) is 41.2 Å². The van der Waals surface area contributed by atoms with Gasteiger partial charge in [-0.1, -0.05) is 13.8 Å². The summed E-state index contributed by atoms with van der Waals surface area (Å²) in [5.74, 6) is 1.44. The van der Waals surface area contributed by atoms with Crippen LogP contribution in [0, 0.1) is 19.8 Å². The molecule has 0 unspecified atom stereocenters. The zero-order valence-corrected chi connectivity index (χ0v) is 11.6. The summed E-state index contributed by atoms with van der Waals surface area (Å²) in [4.78, 5) is 4.46. The third-order valence-corrected chi connectivity index (χ3v) is 2.57. The van der Waals surface area contributed by atoms with Gasteiger partial charge >= 0.3 is 0 Å². The van der Waals surface area contributed by atoms with Gasteiger partial charge in [-0.15, -0.1) is 0 Å². The number of hydrogen-bond donors (Lipinski definition) is 1. The molecule has 0 fully saturated rings. The standard InChI is InChI=1S/C14H24N2O/c1-6-17-14-13(9-15-8-10(2)3)11(4)7-12(5)16-14/h7,10,15H,6,8-9H2,1-5H3. The van der Waals surface area contributed by atoms with Crippen molar-refractivity contribution in [2.75, 3.05) is 13.2 Å². The summed E-state index contributed by atoms with van der Waals surface area (Å²) in [5.41, 5.74) is 3.44. The second-order valence-electron chi connectivity index (χ2n) is 4.82. The Labute approximate surface area is 105 Å². The second kappa shape index (κ2) is 6.60. The summed E-state index contributed by atoms with van der Waals surface area (Å²) in [5, 5.41) is 3.44. The fourth-order valence-electron chi connectivity index (χ4n) is 1.79. The van der Waals surface area contributed by atoms with E-state index in [0.717, 1.165) is 24.7 Å². The lowest BCUT2D eigenvalue weighted by Crippen LogP contribution is -2.20. The average molecular weight is 236 g/mol. The fraction of sp³-hybridized carbons (Fsp3) is 0.643. The molecule has 96 valence electrons. The largest absolute Gasteiger partial charge is 0.478 e. The van der Waals surface area contributed by atoms with E-state index in [1.807, 2.05) is 13.8 Å². The maximum atomic E-state index is 5.61. The highest BCUT2D eigenvalue weighted by Gasteiger charge is 2.09. The van der Waals surface area contributed by atoms with Crippen LogP contribution < -0.4 is 10.1 Å². The summed E-state index contributed by atoms with van der Waals surface area (Å²) >= 11 is 0.